The maximum Gasteiger partial charge on any atom is 0.378 e. The number of anilines is 1. The van der Waals surface area contributed by atoms with Gasteiger partial charge in [-0.3, -0.25) is 4.79 Å². The summed E-state index contributed by atoms with van der Waals surface area (Å²) in [6.45, 7) is 0. The minimum Gasteiger partial charge on any atom is -0.476 e. The third-order valence-corrected chi connectivity index (χ3v) is 2.41. The predicted molar refractivity (Wildman–Crippen MR) is 56.6 cm³/mol. The Morgan fingerprint density at radius 1 is 1.47 bits per heavy atom. The van der Waals surface area contributed by atoms with Crippen molar-refractivity contribution in [1.29, 1.82) is 0 Å². The van der Waals surface area contributed by atoms with Crippen molar-refractivity contribution in [2.45, 2.75) is 19.2 Å². The summed E-state index contributed by atoms with van der Waals surface area (Å²) in [5.74, 6) is -1.61. The lowest BCUT2D eigenvalue weighted by Gasteiger charge is -2.17. The van der Waals surface area contributed by atoms with Gasteiger partial charge in [-0.15, -0.1) is 0 Å². The zero-order valence-electron chi connectivity index (χ0n) is 8.77. The van der Waals surface area contributed by atoms with Gasteiger partial charge in [0.2, 0.25) is 5.91 Å². The zero-order chi connectivity index (χ0) is 12.4. The molecule has 0 bridgehead atoms. The second-order valence-electron chi connectivity index (χ2n) is 3.64. The molecular weight excluding hydrogens is 229 g/mol. The molecule has 1 aromatic carbocycles. The second kappa shape index (κ2) is 4.40. The Bertz CT molecular complexity index is 475. The number of ether oxygens (including phenoxy) is 1. The number of halogens is 1. The molecule has 1 heterocycles. The number of alkyl halides is 1. The molecule has 0 fully saturated rings. The molecule has 0 aliphatic carbocycles. The molecule has 17 heavy (non-hydrogen) atoms. The van der Waals surface area contributed by atoms with Crippen molar-refractivity contribution in [2.75, 3.05) is 5.32 Å². The fraction of sp³-hybridized carbons (Fsp3) is 0.273. The van der Waals surface area contributed by atoms with E-state index in [2.05, 4.69) is 10.1 Å². The molecule has 1 aliphatic heterocycles. The minimum absolute atomic E-state index is 0.0694. The molecule has 1 aliphatic rings. The van der Waals surface area contributed by atoms with Crippen molar-refractivity contribution in [3.63, 3.8) is 0 Å². The van der Waals surface area contributed by atoms with E-state index in [1.54, 1.807) is 6.07 Å². The van der Waals surface area contributed by atoms with Crippen molar-refractivity contribution < 1.29 is 23.8 Å². The van der Waals surface area contributed by atoms with Crippen LogP contribution >= 0.6 is 0 Å². The van der Waals surface area contributed by atoms with Gasteiger partial charge in [-0.2, -0.15) is 4.39 Å². The average molecular weight is 239 g/mol. The smallest absolute Gasteiger partial charge is 0.378 e. The van der Waals surface area contributed by atoms with Gasteiger partial charge < -0.3 is 15.2 Å². The van der Waals surface area contributed by atoms with Gasteiger partial charge in [0.05, 0.1) is 0 Å². The van der Waals surface area contributed by atoms with Crippen LogP contribution in [0.25, 0.3) is 0 Å². The fourth-order valence-corrected chi connectivity index (χ4v) is 1.60. The van der Waals surface area contributed by atoms with E-state index in [-0.39, 0.29) is 11.7 Å². The molecule has 0 aromatic heterocycles. The number of carbonyl (C=O) groups excluding carboxylic acids is 1. The van der Waals surface area contributed by atoms with Crippen LogP contribution in [0, 0.1) is 0 Å². The zero-order valence-corrected chi connectivity index (χ0v) is 8.77. The van der Waals surface area contributed by atoms with Crippen molar-refractivity contribution in [2.24, 2.45) is 0 Å². The number of amides is 1. The van der Waals surface area contributed by atoms with Crippen LogP contribution in [-0.2, 0) is 16.0 Å². The molecule has 0 radical (unpaired) electrons. The number of rotatable bonds is 3. The number of fused-ring (bicyclic) bond motifs is 1. The standard InChI is InChI=1S/C11H10FNO4/c12-10(11(15)16)17-7-2-3-8-6(5-7)1-4-9(14)13-8/h2-3,5,10H,1,4H2,(H,13,14)(H,15,16). The number of hydrogen-bond donors (Lipinski definition) is 2. The number of aryl methyl sites for hydroxylation is 1. The number of hydrogen-bond acceptors (Lipinski definition) is 3. The summed E-state index contributed by atoms with van der Waals surface area (Å²) in [6, 6.07) is 4.51. The molecule has 0 spiro atoms. The monoisotopic (exact) mass is 239 g/mol. The first-order valence-corrected chi connectivity index (χ1v) is 5.02. The fourth-order valence-electron chi connectivity index (χ4n) is 1.60. The second-order valence-corrected chi connectivity index (χ2v) is 3.64. The predicted octanol–water partition coefficient (Wildman–Crippen LogP) is 1.33. The maximum atomic E-state index is 12.8. The highest BCUT2D eigenvalue weighted by atomic mass is 19.1. The number of carbonyl (C=O) groups is 2. The highest BCUT2D eigenvalue weighted by Crippen LogP contribution is 2.27. The van der Waals surface area contributed by atoms with Gasteiger partial charge in [-0.25, -0.2) is 4.79 Å². The summed E-state index contributed by atoms with van der Waals surface area (Å²) >= 11 is 0. The van der Waals surface area contributed by atoms with E-state index in [1.165, 1.54) is 12.1 Å². The number of benzene rings is 1. The van der Waals surface area contributed by atoms with Crippen LogP contribution in [0.5, 0.6) is 5.75 Å². The molecule has 1 atom stereocenters. The molecule has 1 amide bonds. The molecular formula is C11H10FNO4. The molecule has 0 saturated heterocycles. The van der Waals surface area contributed by atoms with Gasteiger partial charge in [-0.05, 0) is 30.2 Å². The highest BCUT2D eigenvalue weighted by Gasteiger charge is 2.19. The van der Waals surface area contributed by atoms with Crippen molar-refractivity contribution >= 4 is 17.6 Å². The summed E-state index contributed by atoms with van der Waals surface area (Å²) in [6.07, 6.45) is -1.50. The first kappa shape index (κ1) is 11.4. The minimum atomic E-state index is -2.38. The van der Waals surface area contributed by atoms with Gasteiger partial charge in [0, 0.05) is 12.1 Å². The SMILES string of the molecule is O=C1CCc2cc(OC(F)C(=O)O)ccc2N1. The quantitative estimate of drug-likeness (QED) is 0.834. The summed E-state index contributed by atoms with van der Waals surface area (Å²) in [4.78, 5) is 21.4. The lowest BCUT2D eigenvalue weighted by molar-refractivity contribution is -0.153. The number of nitrogens with one attached hydrogen (secondary N) is 1. The van der Waals surface area contributed by atoms with Gasteiger partial charge in [0.25, 0.3) is 0 Å². The van der Waals surface area contributed by atoms with Crippen LogP contribution in [-0.4, -0.2) is 23.3 Å². The van der Waals surface area contributed by atoms with E-state index in [0.29, 0.717) is 18.5 Å². The third kappa shape index (κ3) is 2.52. The van der Waals surface area contributed by atoms with Crippen LogP contribution in [0.2, 0.25) is 0 Å². The molecule has 2 N–H and O–H groups in total. The topological polar surface area (TPSA) is 75.6 Å². The van der Waals surface area contributed by atoms with Gasteiger partial charge in [0.1, 0.15) is 5.75 Å². The normalized spacial score (nSPS) is 15.7. The summed E-state index contributed by atoms with van der Waals surface area (Å²) in [5.41, 5.74) is 1.46. The average Bonchev–Trinajstić information content (AvgIpc) is 2.29. The van der Waals surface area contributed by atoms with Crippen molar-refractivity contribution in [3.8, 4) is 5.75 Å². The van der Waals surface area contributed by atoms with Crippen LogP contribution < -0.4 is 10.1 Å². The van der Waals surface area contributed by atoms with Gasteiger partial charge in [-0.1, -0.05) is 0 Å². The van der Waals surface area contributed by atoms with Crippen molar-refractivity contribution in [3.05, 3.63) is 23.8 Å². The highest BCUT2D eigenvalue weighted by molar-refractivity contribution is 5.94. The third-order valence-electron chi connectivity index (χ3n) is 2.41. The van der Waals surface area contributed by atoms with Crippen LogP contribution in [0.15, 0.2) is 18.2 Å². The van der Waals surface area contributed by atoms with E-state index >= 15 is 0 Å². The number of aliphatic carboxylic acids is 1. The number of carboxylic acids is 1. The first-order valence-electron chi connectivity index (χ1n) is 5.02. The lowest BCUT2D eigenvalue weighted by Crippen LogP contribution is -2.22. The molecule has 0 saturated carbocycles. The molecule has 90 valence electrons. The Morgan fingerprint density at radius 3 is 2.94 bits per heavy atom. The van der Waals surface area contributed by atoms with Crippen molar-refractivity contribution in [1.82, 2.24) is 0 Å². The van der Waals surface area contributed by atoms with E-state index in [0.717, 1.165) is 5.56 Å². The molecule has 6 heteroatoms. The number of carboxylic acid groups (broad SMARTS) is 1. The van der Waals surface area contributed by atoms with Crippen LogP contribution in [0.4, 0.5) is 10.1 Å². The summed E-state index contributed by atoms with van der Waals surface area (Å²) < 4.78 is 17.4. The maximum absolute atomic E-state index is 12.8. The Morgan fingerprint density at radius 2 is 2.24 bits per heavy atom. The van der Waals surface area contributed by atoms with Crippen LogP contribution in [0.3, 0.4) is 0 Å². The Kier molecular flexibility index (Phi) is 2.95. The Hall–Kier alpha value is -2.11. The Labute approximate surface area is 96.2 Å². The lowest BCUT2D eigenvalue weighted by atomic mass is 10.0. The molecule has 2 rings (SSSR count). The molecule has 1 unspecified atom stereocenters. The van der Waals surface area contributed by atoms with Crippen LogP contribution in [0.1, 0.15) is 12.0 Å². The Balaban J connectivity index is 2.16. The summed E-state index contributed by atoms with van der Waals surface area (Å²) in [5, 5.41) is 11.0. The van der Waals surface area contributed by atoms with Gasteiger partial charge in [0.15, 0.2) is 0 Å². The first-order chi connectivity index (χ1) is 8.06. The van der Waals surface area contributed by atoms with E-state index in [1.807, 2.05) is 0 Å². The van der Waals surface area contributed by atoms with E-state index < -0.39 is 12.3 Å². The van der Waals surface area contributed by atoms with E-state index in [9.17, 15) is 14.0 Å². The van der Waals surface area contributed by atoms with E-state index in [4.69, 9.17) is 5.11 Å². The molecule has 5 nitrogen and oxygen atoms in total. The summed E-state index contributed by atoms with van der Waals surface area (Å²) in [7, 11) is 0. The largest absolute Gasteiger partial charge is 0.476 e. The molecule has 1 aromatic rings. The van der Waals surface area contributed by atoms with Gasteiger partial charge >= 0.3 is 12.3 Å².